The van der Waals surface area contributed by atoms with E-state index in [9.17, 15) is 4.79 Å². The van der Waals surface area contributed by atoms with Gasteiger partial charge in [-0.3, -0.25) is 4.79 Å². The van der Waals surface area contributed by atoms with E-state index in [2.05, 4.69) is 12.2 Å². The van der Waals surface area contributed by atoms with Crippen molar-refractivity contribution >= 4 is 22.5 Å². The standard InChI is InChI=1S/C20H22N2O3/c1-4-14-7-5-6-8-17(14)21-20(23)13-22-10-9-16-18(22)11-15(24-2)12-19(16)25-3/h5-12H,4,13H2,1-3H3,(H,21,23). The van der Waals surface area contributed by atoms with Crippen LogP contribution in [-0.4, -0.2) is 24.7 Å². The largest absolute Gasteiger partial charge is 0.497 e. The van der Waals surface area contributed by atoms with E-state index in [1.54, 1.807) is 14.2 Å². The number of rotatable bonds is 6. The van der Waals surface area contributed by atoms with Crippen LogP contribution in [0.4, 0.5) is 5.69 Å². The molecule has 130 valence electrons. The molecule has 0 atom stereocenters. The first-order chi connectivity index (χ1) is 12.2. The van der Waals surface area contributed by atoms with Crippen molar-refractivity contribution in [2.75, 3.05) is 19.5 Å². The van der Waals surface area contributed by atoms with Crippen molar-refractivity contribution in [3.05, 3.63) is 54.2 Å². The average Bonchev–Trinajstić information content (AvgIpc) is 3.04. The molecule has 1 heterocycles. The minimum Gasteiger partial charge on any atom is -0.497 e. The lowest BCUT2D eigenvalue weighted by atomic mass is 10.1. The maximum Gasteiger partial charge on any atom is 0.244 e. The van der Waals surface area contributed by atoms with Gasteiger partial charge in [0.05, 0.1) is 19.7 Å². The van der Waals surface area contributed by atoms with Crippen LogP contribution in [0.3, 0.4) is 0 Å². The molecule has 0 fully saturated rings. The summed E-state index contributed by atoms with van der Waals surface area (Å²) in [7, 11) is 3.24. The minimum atomic E-state index is -0.0693. The Hall–Kier alpha value is -2.95. The van der Waals surface area contributed by atoms with Crippen LogP contribution in [0.5, 0.6) is 11.5 Å². The van der Waals surface area contributed by atoms with E-state index in [4.69, 9.17) is 9.47 Å². The Morgan fingerprint density at radius 1 is 1.12 bits per heavy atom. The number of anilines is 1. The van der Waals surface area contributed by atoms with Gasteiger partial charge >= 0.3 is 0 Å². The summed E-state index contributed by atoms with van der Waals surface area (Å²) in [6.07, 6.45) is 2.76. The van der Waals surface area contributed by atoms with Crippen LogP contribution in [0.2, 0.25) is 0 Å². The topological polar surface area (TPSA) is 52.5 Å². The molecule has 0 aliphatic heterocycles. The molecule has 0 aliphatic rings. The third-order valence-corrected chi connectivity index (χ3v) is 4.27. The number of hydrogen-bond acceptors (Lipinski definition) is 3. The Morgan fingerprint density at radius 3 is 2.64 bits per heavy atom. The molecule has 1 aromatic heterocycles. The number of para-hydroxylation sites is 1. The zero-order valence-electron chi connectivity index (χ0n) is 14.7. The molecular formula is C20H22N2O3. The molecule has 0 radical (unpaired) electrons. The molecule has 0 aliphatic carbocycles. The lowest BCUT2D eigenvalue weighted by molar-refractivity contribution is -0.116. The number of aromatic nitrogens is 1. The summed E-state index contributed by atoms with van der Waals surface area (Å²) < 4.78 is 12.6. The highest BCUT2D eigenvalue weighted by molar-refractivity contribution is 5.94. The quantitative estimate of drug-likeness (QED) is 0.742. The SMILES string of the molecule is CCc1ccccc1NC(=O)Cn1ccc2c(OC)cc(OC)cc21. The van der Waals surface area contributed by atoms with Gasteiger partial charge in [-0.15, -0.1) is 0 Å². The van der Waals surface area contributed by atoms with E-state index in [1.807, 2.05) is 53.2 Å². The van der Waals surface area contributed by atoms with E-state index < -0.39 is 0 Å². The van der Waals surface area contributed by atoms with Crippen molar-refractivity contribution in [1.29, 1.82) is 0 Å². The predicted octanol–water partition coefficient (Wildman–Crippen LogP) is 3.86. The normalized spacial score (nSPS) is 10.7. The van der Waals surface area contributed by atoms with Crippen molar-refractivity contribution in [3.63, 3.8) is 0 Å². The van der Waals surface area contributed by atoms with Gasteiger partial charge in [-0.1, -0.05) is 25.1 Å². The number of aryl methyl sites for hydroxylation is 1. The van der Waals surface area contributed by atoms with Crippen molar-refractivity contribution < 1.29 is 14.3 Å². The molecular weight excluding hydrogens is 316 g/mol. The summed E-state index contributed by atoms with van der Waals surface area (Å²) in [5, 5.41) is 3.95. The van der Waals surface area contributed by atoms with Crippen LogP contribution in [0, 0.1) is 0 Å². The second-order valence-corrected chi connectivity index (χ2v) is 5.76. The molecule has 0 bridgehead atoms. The first-order valence-corrected chi connectivity index (χ1v) is 8.25. The third kappa shape index (κ3) is 3.45. The predicted molar refractivity (Wildman–Crippen MR) is 99.5 cm³/mol. The van der Waals surface area contributed by atoms with Crippen LogP contribution in [0.25, 0.3) is 10.9 Å². The number of fused-ring (bicyclic) bond motifs is 1. The van der Waals surface area contributed by atoms with E-state index >= 15 is 0 Å². The Kier molecular flexibility index (Phi) is 4.93. The summed E-state index contributed by atoms with van der Waals surface area (Å²) in [5.74, 6) is 1.35. The van der Waals surface area contributed by atoms with Gasteiger partial charge in [0.15, 0.2) is 0 Å². The molecule has 0 saturated heterocycles. The lowest BCUT2D eigenvalue weighted by Gasteiger charge is -2.12. The zero-order valence-corrected chi connectivity index (χ0v) is 14.7. The molecule has 5 nitrogen and oxygen atoms in total. The summed E-state index contributed by atoms with van der Waals surface area (Å²) in [6, 6.07) is 13.5. The molecule has 1 amide bonds. The summed E-state index contributed by atoms with van der Waals surface area (Å²) >= 11 is 0. The molecule has 3 aromatic rings. The first-order valence-electron chi connectivity index (χ1n) is 8.25. The second-order valence-electron chi connectivity index (χ2n) is 5.76. The number of carbonyl (C=O) groups is 1. The van der Waals surface area contributed by atoms with E-state index in [0.29, 0.717) is 5.75 Å². The highest BCUT2D eigenvalue weighted by atomic mass is 16.5. The van der Waals surface area contributed by atoms with Gasteiger partial charge in [0.1, 0.15) is 18.0 Å². The molecule has 3 rings (SSSR count). The summed E-state index contributed by atoms with van der Waals surface area (Å²) in [6.45, 7) is 2.29. The number of hydrogen-bond donors (Lipinski definition) is 1. The van der Waals surface area contributed by atoms with Gasteiger partial charge in [0.25, 0.3) is 0 Å². The Morgan fingerprint density at radius 2 is 1.92 bits per heavy atom. The Balaban J connectivity index is 1.86. The van der Waals surface area contributed by atoms with Crippen molar-refractivity contribution in [2.45, 2.75) is 19.9 Å². The van der Waals surface area contributed by atoms with Crippen LogP contribution >= 0.6 is 0 Å². The zero-order chi connectivity index (χ0) is 17.8. The number of amides is 1. The maximum absolute atomic E-state index is 12.5. The van der Waals surface area contributed by atoms with Crippen LogP contribution < -0.4 is 14.8 Å². The molecule has 5 heteroatoms. The minimum absolute atomic E-state index is 0.0693. The first kappa shape index (κ1) is 16.9. The van der Waals surface area contributed by atoms with Gasteiger partial charge in [-0.05, 0) is 24.1 Å². The molecule has 0 spiro atoms. The van der Waals surface area contributed by atoms with Crippen molar-refractivity contribution in [1.82, 2.24) is 4.57 Å². The fourth-order valence-electron chi connectivity index (χ4n) is 2.96. The van der Waals surface area contributed by atoms with E-state index in [0.717, 1.165) is 34.3 Å². The molecule has 0 saturated carbocycles. The lowest BCUT2D eigenvalue weighted by Crippen LogP contribution is -2.19. The monoisotopic (exact) mass is 338 g/mol. The average molecular weight is 338 g/mol. The molecule has 2 aromatic carbocycles. The van der Waals surface area contributed by atoms with E-state index in [-0.39, 0.29) is 12.5 Å². The van der Waals surface area contributed by atoms with Crippen LogP contribution in [0.15, 0.2) is 48.7 Å². The fraction of sp³-hybridized carbons (Fsp3) is 0.250. The fourth-order valence-corrected chi connectivity index (χ4v) is 2.96. The maximum atomic E-state index is 12.5. The van der Waals surface area contributed by atoms with Crippen molar-refractivity contribution in [3.8, 4) is 11.5 Å². The summed E-state index contributed by atoms with van der Waals surface area (Å²) in [5.41, 5.74) is 2.88. The second kappa shape index (κ2) is 7.30. The van der Waals surface area contributed by atoms with Gasteiger partial charge in [0.2, 0.25) is 5.91 Å². The molecule has 0 unspecified atom stereocenters. The van der Waals surface area contributed by atoms with E-state index in [1.165, 1.54) is 0 Å². The summed E-state index contributed by atoms with van der Waals surface area (Å²) in [4.78, 5) is 12.5. The van der Waals surface area contributed by atoms with Crippen LogP contribution in [0.1, 0.15) is 12.5 Å². The number of carbonyl (C=O) groups excluding carboxylic acids is 1. The third-order valence-electron chi connectivity index (χ3n) is 4.27. The number of methoxy groups -OCH3 is 2. The Bertz CT molecular complexity index is 899. The number of ether oxygens (including phenoxy) is 2. The Labute approximate surface area is 147 Å². The van der Waals surface area contributed by atoms with Gasteiger partial charge in [-0.25, -0.2) is 0 Å². The smallest absolute Gasteiger partial charge is 0.244 e. The highest BCUT2D eigenvalue weighted by Crippen LogP contribution is 2.31. The van der Waals surface area contributed by atoms with Gasteiger partial charge < -0.3 is 19.4 Å². The molecule has 1 N–H and O–H groups in total. The van der Waals surface area contributed by atoms with Gasteiger partial charge in [-0.2, -0.15) is 0 Å². The number of nitrogens with zero attached hydrogens (tertiary/aromatic N) is 1. The number of benzene rings is 2. The van der Waals surface area contributed by atoms with Crippen molar-refractivity contribution in [2.24, 2.45) is 0 Å². The molecule has 25 heavy (non-hydrogen) atoms. The highest BCUT2D eigenvalue weighted by Gasteiger charge is 2.12. The number of nitrogens with one attached hydrogen (secondary N) is 1. The van der Waals surface area contributed by atoms with Crippen LogP contribution in [-0.2, 0) is 17.8 Å². The van der Waals surface area contributed by atoms with Gasteiger partial charge in [0, 0.05) is 29.4 Å².